The van der Waals surface area contributed by atoms with E-state index in [4.69, 9.17) is 4.74 Å². The van der Waals surface area contributed by atoms with E-state index in [-0.39, 0.29) is 10.9 Å². The van der Waals surface area contributed by atoms with E-state index >= 15 is 0 Å². The summed E-state index contributed by atoms with van der Waals surface area (Å²) in [7, 11) is -3.59. The molecule has 1 fully saturated rings. The van der Waals surface area contributed by atoms with Crippen LogP contribution in [-0.4, -0.2) is 43.2 Å². The Hall–Kier alpha value is -2.71. The lowest BCUT2D eigenvalue weighted by Crippen LogP contribution is -2.49. The third-order valence-electron chi connectivity index (χ3n) is 5.09. The number of hydrogen-bond acceptors (Lipinski definition) is 5. The Morgan fingerprint density at radius 1 is 1.11 bits per heavy atom. The van der Waals surface area contributed by atoms with Gasteiger partial charge in [-0.2, -0.15) is 0 Å². The van der Waals surface area contributed by atoms with Gasteiger partial charge in [0, 0.05) is 25.7 Å². The van der Waals surface area contributed by atoms with Gasteiger partial charge in [-0.25, -0.2) is 13.4 Å². The molecular formula is C20H21N3O4S. The molecule has 2 aromatic heterocycles. The molecule has 3 heterocycles. The van der Waals surface area contributed by atoms with E-state index in [0.29, 0.717) is 31.6 Å². The van der Waals surface area contributed by atoms with Crippen molar-refractivity contribution < 1.29 is 17.9 Å². The Labute approximate surface area is 163 Å². The number of rotatable bonds is 4. The number of sulfone groups is 1. The topological polar surface area (TPSA) is 89.8 Å². The third-order valence-corrected chi connectivity index (χ3v) is 6.04. The standard InChI is InChI=1S/C20H21N3O4S/c1-28(25,26)19-21-17(16-9-5-6-12-23(16)19)18(24)22-20(10-13-27-14-11-20)15-7-3-2-4-8-15/h2-9,12H,10-11,13-14H2,1H3,(H,22,24). The normalized spacial score (nSPS) is 16.8. The van der Waals surface area contributed by atoms with Gasteiger partial charge < -0.3 is 10.1 Å². The summed E-state index contributed by atoms with van der Waals surface area (Å²) < 4.78 is 31.2. The molecule has 28 heavy (non-hydrogen) atoms. The Balaban J connectivity index is 1.77. The van der Waals surface area contributed by atoms with Gasteiger partial charge >= 0.3 is 0 Å². The van der Waals surface area contributed by atoms with E-state index in [1.807, 2.05) is 30.3 Å². The van der Waals surface area contributed by atoms with Gasteiger partial charge in [-0.05, 0) is 30.5 Å². The third kappa shape index (κ3) is 3.29. The number of nitrogens with one attached hydrogen (secondary N) is 1. The van der Waals surface area contributed by atoms with E-state index in [0.717, 1.165) is 11.8 Å². The van der Waals surface area contributed by atoms with Crippen LogP contribution in [0.15, 0.2) is 59.9 Å². The maximum atomic E-state index is 13.2. The minimum Gasteiger partial charge on any atom is -0.381 e. The summed E-state index contributed by atoms with van der Waals surface area (Å²) in [6.07, 6.45) is 3.94. The number of aromatic nitrogens is 2. The molecule has 0 spiro atoms. The molecule has 0 aliphatic carbocycles. The highest BCUT2D eigenvalue weighted by Crippen LogP contribution is 2.32. The first-order chi connectivity index (χ1) is 13.4. The van der Waals surface area contributed by atoms with Crippen molar-refractivity contribution in [2.45, 2.75) is 23.5 Å². The average Bonchev–Trinajstić information content (AvgIpc) is 3.10. The van der Waals surface area contributed by atoms with Crippen molar-refractivity contribution >= 4 is 21.3 Å². The van der Waals surface area contributed by atoms with Crippen molar-refractivity contribution in [3.05, 3.63) is 66.0 Å². The number of carbonyl (C=O) groups is 1. The Morgan fingerprint density at radius 2 is 1.79 bits per heavy atom. The summed E-state index contributed by atoms with van der Waals surface area (Å²) in [4.78, 5) is 17.4. The summed E-state index contributed by atoms with van der Waals surface area (Å²) in [6, 6.07) is 14.9. The van der Waals surface area contributed by atoms with Crippen molar-refractivity contribution in [3.8, 4) is 0 Å². The maximum absolute atomic E-state index is 13.2. The van der Waals surface area contributed by atoms with E-state index < -0.39 is 21.3 Å². The van der Waals surface area contributed by atoms with Gasteiger partial charge in [0.1, 0.15) is 0 Å². The molecule has 146 valence electrons. The molecular weight excluding hydrogens is 378 g/mol. The lowest BCUT2D eigenvalue weighted by atomic mass is 9.82. The zero-order valence-electron chi connectivity index (χ0n) is 15.5. The first-order valence-corrected chi connectivity index (χ1v) is 10.9. The zero-order valence-corrected chi connectivity index (χ0v) is 16.3. The fourth-order valence-electron chi connectivity index (χ4n) is 3.68. The molecule has 0 bridgehead atoms. The lowest BCUT2D eigenvalue weighted by molar-refractivity contribution is 0.0344. The van der Waals surface area contributed by atoms with Crippen molar-refractivity contribution in [1.82, 2.24) is 14.7 Å². The van der Waals surface area contributed by atoms with Crippen LogP contribution in [0.1, 0.15) is 28.9 Å². The summed E-state index contributed by atoms with van der Waals surface area (Å²) in [5.41, 5.74) is 0.976. The van der Waals surface area contributed by atoms with Crippen molar-refractivity contribution in [2.75, 3.05) is 19.5 Å². The van der Waals surface area contributed by atoms with Crippen molar-refractivity contribution in [1.29, 1.82) is 0 Å². The van der Waals surface area contributed by atoms with Gasteiger partial charge in [0.25, 0.3) is 5.91 Å². The molecule has 0 radical (unpaired) electrons. The first kappa shape index (κ1) is 18.6. The van der Waals surface area contributed by atoms with E-state index in [1.54, 1.807) is 24.4 Å². The smallest absolute Gasteiger partial charge is 0.272 e. The molecule has 1 N–H and O–H groups in total. The van der Waals surface area contributed by atoms with Crippen molar-refractivity contribution in [3.63, 3.8) is 0 Å². The highest BCUT2D eigenvalue weighted by atomic mass is 32.2. The number of benzene rings is 1. The fourth-order valence-corrected chi connectivity index (χ4v) is 4.45. The van der Waals surface area contributed by atoms with Crippen LogP contribution in [0.3, 0.4) is 0 Å². The number of carbonyl (C=O) groups excluding carboxylic acids is 1. The molecule has 4 rings (SSSR count). The van der Waals surface area contributed by atoms with E-state index in [2.05, 4.69) is 10.3 Å². The fraction of sp³-hybridized carbons (Fsp3) is 0.300. The summed E-state index contributed by atoms with van der Waals surface area (Å²) in [6.45, 7) is 1.07. The average molecular weight is 399 g/mol. The number of ether oxygens (including phenoxy) is 1. The molecule has 8 heteroatoms. The van der Waals surface area contributed by atoms with Gasteiger partial charge in [-0.15, -0.1) is 0 Å². The minimum absolute atomic E-state index is 0.0998. The molecule has 1 saturated heterocycles. The SMILES string of the molecule is CS(=O)(=O)c1nc(C(=O)NC2(c3ccccc3)CCOCC2)c2ccccn12. The maximum Gasteiger partial charge on any atom is 0.272 e. The number of fused-ring (bicyclic) bond motifs is 1. The summed E-state index contributed by atoms with van der Waals surface area (Å²) in [5, 5.41) is 2.99. The van der Waals surface area contributed by atoms with Gasteiger partial charge in [0.2, 0.25) is 15.0 Å². The van der Waals surface area contributed by atoms with Gasteiger partial charge in [-0.3, -0.25) is 9.20 Å². The van der Waals surface area contributed by atoms with Gasteiger partial charge in [0.05, 0.1) is 11.1 Å². The predicted molar refractivity (Wildman–Crippen MR) is 104 cm³/mol. The molecule has 7 nitrogen and oxygen atoms in total. The molecule has 0 atom stereocenters. The predicted octanol–water partition coefficient (Wildman–Crippen LogP) is 2.17. The molecule has 0 unspecified atom stereocenters. The number of amides is 1. The van der Waals surface area contributed by atoms with Gasteiger partial charge in [0.15, 0.2) is 5.69 Å². The van der Waals surface area contributed by atoms with Gasteiger partial charge in [-0.1, -0.05) is 36.4 Å². The Bertz CT molecular complexity index is 1120. The molecule has 1 aliphatic heterocycles. The number of hydrogen-bond donors (Lipinski definition) is 1. The number of imidazole rings is 1. The van der Waals surface area contributed by atoms with Crippen molar-refractivity contribution in [2.24, 2.45) is 0 Å². The molecule has 1 amide bonds. The highest BCUT2D eigenvalue weighted by molar-refractivity contribution is 7.90. The monoisotopic (exact) mass is 399 g/mol. The number of nitrogens with zero attached hydrogens (tertiary/aromatic N) is 2. The highest BCUT2D eigenvalue weighted by Gasteiger charge is 2.37. The van der Waals surface area contributed by atoms with Crippen LogP contribution in [0.4, 0.5) is 0 Å². The zero-order chi connectivity index (χ0) is 19.8. The molecule has 1 aromatic carbocycles. The van der Waals surface area contributed by atoms with E-state index in [9.17, 15) is 13.2 Å². The molecule has 0 saturated carbocycles. The second-order valence-corrected chi connectivity index (χ2v) is 8.90. The first-order valence-electron chi connectivity index (χ1n) is 9.04. The lowest BCUT2D eigenvalue weighted by Gasteiger charge is -2.38. The molecule has 1 aliphatic rings. The Kier molecular flexibility index (Phi) is 4.68. The van der Waals surface area contributed by atoms with Crippen LogP contribution in [0.25, 0.3) is 5.52 Å². The quantitative estimate of drug-likeness (QED) is 0.726. The minimum atomic E-state index is -3.59. The van der Waals surface area contributed by atoms with Crippen LogP contribution in [0, 0.1) is 0 Å². The second-order valence-electron chi connectivity index (χ2n) is 6.99. The van der Waals surface area contributed by atoms with E-state index in [1.165, 1.54) is 4.40 Å². The van der Waals surface area contributed by atoms with Crippen LogP contribution in [0.5, 0.6) is 0 Å². The Morgan fingerprint density at radius 3 is 2.46 bits per heavy atom. The largest absolute Gasteiger partial charge is 0.381 e. The van der Waals surface area contributed by atoms with Crippen LogP contribution in [0.2, 0.25) is 0 Å². The van der Waals surface area contributed by atoms with Crippen LogP contribution in [-0.2, 0) is 20.1 Å². The number of pyridine rings is 1. The van der Waals surface area contributed by atoms with Crippen LogP contribution >= 0.6 is 0 Å². The molecule has 3 aromatic rings. The second kappa shape index (κ2) is 7.03. The van der Waals surface area contributed by atoms with Crippen LogP contribution < -0.4 is 5.32 Å². The summed E-state index contributed by atoms with van der Waals surface area (Å²) in [5.74, 6) is -0.399. The summed E-state index contributed by atoms with van der Waals surface area (Å²) >= 11 is 0.